The topological polar surface area (TPSA) is 79.0 Å². The van der Waals surface area contributed by atoms with Crippen molar-refractivity contribution >= 4 is 51.7 Å². The number of nitrogens with zero attached hydrogens (tertiary/aromatic N) is 2. The first-order valence-corrected chi connectivity index (χ1v) is 13.9. The van der Waals surface area contributed by atoms with E-state index in [0.717, 1.165) is 12.0 Å². The van der Waals surface area contributed by atoms with Crippen LogP contribution in [0.5, 0.6) is 11.5 Å². The molecular formula is C29H26FN3O4S2. The molecule has 7 nitrogen and oxygen atoms in total. The Hall–Kier alpha value is -3.76. The van der Waals surface area contributed by atoms with E-state index in [4.69, 9.17) is 17.0 Å². The van der Waals surface area contributed by atoms with Gasteiger partial charge in [0, 0.05) is 12.2 Å². The number of likely N-dealkylation sites (tertiary alicyclic amines) is 1. The third kappa shape index (κ3) is 6.63. The summed E-state index contributed by atoms with van der Waals surface area (Å²) >= 11 is 6.48. The van der Waals surface area contributed by atoms with Crippen molar-refractivity contribution in [2.45, 2.75) is 18.9 Å². The van der Waals surface area contributed by atoms with E-state index in [1.807, 2.05) is 30.3 Å². The maximum Gasteiger partial charge on any atom is 0.247 e. The van der Waals surface area contributed by atoms with Crippen LogP contribution in [0.1, 0.15) is 12.0 Å². The number of halogens is 1. The Morgan fingerprint density at radius 3 is 2.31 bits per heavy atom. The van der Waals surface area contributed by atoms with Gasteiger partial charge in [0.15, 0.2) is 0 Å². The Kier molecular flexibility index (Phi) is 8.23. The van der Waals surface area contributed by atoms with Crippen molar-refractivity contribution in [3.8, 4) is 11.5 Å². The summed E-state index contributed by atoms with van der Waals surface area (Å²) in [5.74, 6) is 0.211. The zero-order chi connectivity index (χ0) is 27.4. The molecule has 0 bridgehead atoms. The van der Waals surface area contributed by atoms with Crippen LogP contribution < -0.4 is 10.1 Å². The molecule has 2 saturated heterocycles. The number of ether oxygens (including phenoxy) is 1. The fourth-order valence-corrected chi connectivity index (χ4v) is 5.84. The second-order valence-electron chi connectivity index (χ2n) is 9.46. The van der Waals surface area contributed by atoms with Crippen molar-refractivity contribution in [2.75, 3.05) is 24.2 Å². The summed E-state index contributed by atoms with van der Waals surface area (Å²) in [6.07, 6.45) is 1.24. The van der Waals surface area contributed by atoms with E-state index in [2.05, 4.69) is 5.32 Å². The normalized spacial score (nSPS) is 18.9. The lowest BCUT2D eigenvalue weighted by Gasteiger charge is -2.26. The maximum absolute atomic E-state index is 13.4. The zero-order valence-electron chi connectivity index (χ0n) is 20.9. The quantitative estimate of drug-likeness (QED) is 0.394. The minimum atomic E-state index is -0.680. The Bertz CT molecular complexity index is 1350. The molecular weight excluding hydrogens is 537 g/mol. The lowest BCUT2D eigenvalue weighted by molar-refractivity contribution is -0.139. The molecule has 0 radical (unpaired) electrons. The number of hydrogen-bond acceptors (Lipinski definition) is 6. The highest BCUT2D eigenvalue weighted by Crippen LogP contribution is 2.29. The number of thiocarbonyl (C=S) groups is 1. The van der Waals surface area contributed by atoms with E-state index in [0.29, 0.717) is 34.5 Å². The van der Waals surface area contributed by atoms with Crippen LogP contribution in [0.2, 0.25) is 0 Å². The number of amides is 3. The number of carbonyl (C=O) groups is 3. The van der Waals surface area contributed by atoms with Crippen LogP contribution in [-0.4, -0.2) is 56.7 Å². The van der Waals surface area contributed by atoms with Gasteiger partial charge in [-0.15, -0.1) is 0 Å². The summed E-state index contributed by atoms with van der Waals surface area (Å²) in [6.45, 7) is 0.250. The van der Waals surface area contributed by atoms with Crippen LogP contribution in [-0.2, 0) is 20.8 Å². The molecule has 2 atom stereocenters. The van der Waals surface area contributed by atoms with Gasteiger partial charge >= 0.3 is 0 Å². The standard InChI is InChI=1S/C29H26FN3O4S2/c30-21-6-10-23(11-7-21)37-24-12-8-22(9-13-24)31-28(36)25-15-20(14-19-4-2-1-3-5-19)16-32(25)26(34)17-33-27(35)18-39-29(33)38/h1-13,20,25H,14-18H2,(H,31,36)/t20-,25+/m1/s1. The van der Waals surface area contributed by atoms with Gasteiger partial charge in [0.25, 0.3) is 0 Å². The van der Waals surface area contributed by atoms with Gasteiger partial charge in [-0.05, 0) is 72.9 Å². The summed E-state index contributed by atoms with van der Waals surface area (Å²) in [6, 6.07) is 21.8. The van der Waals surface area contributed by atoms with Crippen LogP contribution in [0.4, 0.5) is 10.1 Å². The summed E-state index contributed by atoms with van der Waals surface area (Å²) in [7, 11) is 0. The number of carbonyl (C=O) groups excluding carboxylic acids is 3. The first kappa shape index (κ1) is 26.8. The molecule has 2 fully saturated rings. The lowest BCUT2D eigenvalue weighted by Crippen LogP contribution is -2.48. The summed E-state index contributed by atoms with van der Waals surface area (Å²) in [4.78, 5) is 41.9. The highest BCUT2D eigenvalue weighted by atomic mass is 32.2. The number of anilines is 1. The SMILES string of the molecule is O=C(Nc1ccc(Oc2ccc(F)cc2)cc1)[C@@H]1C[C@@H](Cc2ccccc2)CN1C(=O)CN1C(=O)CSC1=S. The van der Waals surface area contributed by atoms with Crippen LogP contribution >= 0.6 is 24.0 Å². The van der Waals surface area contributed by atoms with Gasteiger partial charge in [-0.25, -0.2) is 4.39 Å². The Morgan fingerprint density at radius 2 is 1.67 bits per heavy atom. The van der Waals surface area contributed by atoms with Gasteiger partial charge in [-0.1, -0.05) is 54.3 Å². The molecule has 5 rings (SSSR count). The highest BCUT2D eigenvalue weighted by molar-refractivity contribution is 8.23. The van der Waals surface area contributed by atoms with E-state index >= 15 is 0 Å². The molecule has 3 aromatic rings. The summed E-state index contributed by atoms with van der Waals surface area (Å²) in [5, 5.41) is 2.91. The average Bonchev–Trinajstić information content (AvgIpc) is 3.50. The molecule has 2 heterocycles. The molecule has 200 valence electrons. The monoisotopic (exact) mass is 563 g/mol. The van der Waals surface area contributed by atoms with Gasteiger partial charge < -0.3 is 15.0 Å². The molecule has 0 aromatic heterocycles. The van der Waals surface area contributed by atoms with Gasteiger partial charge in [-0.2, -0.15) is 0 Å². The third-order valence-corrected chi connectivity index (χ3v) is 8.12. The predicted octanol–water partition coefficient (Wildman–Crippen LogP) is 4.88. The molecule has 3 aromatic carbocycles. The van der Waals surface area contributed by atoms with Crippen LogP contribution in [0.3, 0.4) is 0 Å². The smallest absolute Gasteiger partial charge is 0.247 e. The molecule has 2 aliphatic rings. The average molecular weight is 564 g/mol. The number of hydrogen-bond donors (Lipinski definition) is 1. The molecule has 2 aliphatic heterocycles. The van der Waals surface area contributed by atoms with Gasteiger partial charge in [0.05, 0.1) is 5.75 Å². The number of thioether (sulfide) groups is 1. The second-order valence-corrected chi connectivity index (χ2v) is 11.1. The Labute approximate surface area is 235 Å². The molecule has 0 saturated carbocycles. The lowest BCUT2D eigenvalue weighted by atomic mass is 9.96. The van der Waals surface area contributed by atoms with Gasteiger partial charge in [0.2, 0.25) is 17.7 Å². The maximum atomic E-state index is 13.4. The fraction of sp³-hybridized carbons (Fsp3) is 0.241. The number of rotatable bonds is 8. The number of nitrogens with one attached hydrogen (secondary N) is 1. The summed E-state index contributed by atoms with van der Waals surface area (Å²) < 4.78 is 19.2. The first-order chi connectivity index (χ1) is 18.9. The molecule has 0 unspecified atom stereocenters. The van der Waals surface area contributed by atoms with E-state index < -0.39 is 6.04 Å². The van der Waals surface area contributed by atoms with Crippen molar-refractivity contribution < 1.29 is 23.5 Å². The third-order valence-electron chi connectivity index (χ3n) is 6.68. The van der Waals surface area contributed by atoms with Crippen molar-refractivity contribution in [3.05, 3.63) is 90.2 Å². The molecule has 1 N–H and O–H groups in total. The molecule has 10 heteroatoms. The minimum Gasteiger partial charge on any atom is -0.457 e. The van der Waals surface area contributed by atoms with Crippen LogP contribution in [0.15, 0.2) is 78.9 Å². The minimum absolute atomic E-state index is 0.0918. The fourth-order valence-electron chi connectivity index (χ4n) is 4.77. The van der Waals surface area contributed by atoms with E-state index in [1.165, 1.54) is 40.9 Å². The van der Waals surface area contributed by atoms with Crippen molar-refractivity contribution in [1.82, 2.24) is 9.80 Å². The van der Waals surface area contributed by atoms with Gasteiger partial charge in [0.1, 0.15) is 34.2 Å². The van der Waals surface area contributed by atoms with Crippen molar-refractivity contribution in [1.29, 1.82) is 0 Å². The summed E-state index contributed by atoms with van der Waals surface area (Å²) in [5.41, 5.74) is 1.69. The molecule has 3 amide bonds. The highest BCUT2D eigenvalue weighted by Gasteiger charge is 2.41. The zero-order valence-corrected chi connectivity index (χ0v) is 22.6. The van der Waals surface area contributed by atoms with E-state index in [1.54, 1.807) is 29.2 Å². The molecule has 39 heavy (non-hydrogen) atoms. The first-order valence-electron chi connectivity index (χ1n) is 12.5. The van der Waals surface area contributed by atoms with Crippen LogP contribution in [0, 0.1) is 11.7 Å². The van der Waals surface area contributed by atoms with Crippen molar-refractivity contribution in [2.24, 2.45) is 5.92 Å². The van der Waals surface area contributed by atoms with Crippen LogP contribution in [0.25, 0.3) is 0 Å². The Morgan fingerprint density at radius 1 is 1.00 bits per heavy atom. The second kappa shape index (κ2) is 12.0. The molecule has 0 spiro atoms. The number of benzene rings is 3. The molecule has 0 aliphatic carbocycles. The van der Waals surface area contributed by atoms with Gasteiger partial charge in [-0.3, -0.25) is 19.3 Å². The van der Waals surface area contributed by atoms with E-state index in [9.17, 15) is 18.8 Å². The largest absolute Gasteiger partial charge is 0.457 e. The Balaban J connectivity index is 1.27. The van der Waals surface area contributed by atoms with Crippen molar-refractivity contribution in [3.63, 3.8) is 0 Å². The predicted molar refractivity (Wildman–Crippen MR) is 152 cm³/mol. The van der Waals surface area contributed by atoms with E-state index in [-0.39, 0.29) is 41.8 Å².